The van der Waals surface area contributed by atoms with Gasteiger partial charge in [0.05, 0.1) is 0 Å². The van der Waals surface area contributed by atoms with Gasteiger partial charge in [-0.1, -0.05) is 0 Å². The number of aryl methyl sites for hydroxylation is 1. The molecule has 0 aliphatic carbocycles. The van der Waals surface area contributed by atoms with Crippen LogP contribution in [0, 0.1) is 6.92 Å². The molecule has 0 radical (unpaired) electrons. The lowest BCUT2D eigenvalue weighted by Gasteiger charge is -2.19. The molecule has 2 atom stereocenters. The maximum atomic E-state index is 5.76. The summed E-state index contributed by atoms with van der Waals surface area (Å²) in [5, 5.41) is 3.28. The van der Waals surface area contributed by atoms with Crippen molar-refractivity contribution in [2.24, 2.45) is 5.73 Å². The average molecular weight is 258 g/mol. The Labute approximate surface area is 93.2 Å². The van der Waals surface area contributed by atoms with Crippen LogP contribution in [0.2, 0.25) is 0 Å². The maximum Gasteiger partial charge on any atom is 0.129 e. The molecule has 3 N–H and O–H groups in total. The predicted octanol–water partition coefficient (Wildman–Crippen LogP) is 2.30. The van der Waals surface area contributed by atoms with Gasteiger partial charge in [-0.2, -0.15) is 0 Å². The lowest BCUT2D eigenvalue weighted by atomic mass is 10.2. The van der Waals surface area contributed by atoms with E-state index >= 15 is 0 Å². The van der Waals surface area contributed by atoms with Crippen LogP contribution in [0.4, 0.5) is 5.82 Å². The van der Waals surface area contributed by atoms with Crippen molar-refractivity contribution in [2.45, 2.75) is 32.9 Å². The first-order valence-electron chi connectivity index (χ1n) is 4.65. The molecule has 1 heterocycles. The Kier molecular flexibility index (Phi) is 3.89. The summed E-state index contributed by atoms with van der Waals surface area (Å²) in [7, 11) is 0. The minimum atomic E-state index is 0.111. The first-order valence-corrected chi connectivity index (χ1v) is 5.44. The van der Waals surface area contributed by atoms with Gasteiger partial charge in [-0.25, -0.2) is 4.98 Å². The van der Waals surface area contributed by atoms with E-state index in [0.29, 0.717) is 0 Å². The van der Waals surface area contributed by atoms with E-state index < -0.39 is 0 Å². The first kappa shape index (κ1) is 11.5. The first-order chi connectivity index (χ1) is 6.50. The van der Waals surface area contributed by atoms with E-state index in [2.05, 4.69) is 26.2 Å². The summed E-state index contributed by atoms with van der Waals surface area (Å²) in [6.07, 6.45) is 1.78. The number of aromatic nitrogens is 1. The molecular formula is C10H16BrN3. The molecule has 1 aromatic heterocycles. The summed E-state index contributed by atoms with van der Waals surface area (Å²) in [5.74, 6) is 0.901. The molecule has 1 aromatic rings. The third kappa shape index (κ3) is 2.96. The highest BCUT2D eigenvalue weighted by molar-refractivity contribution is 9.10. The molecule has 0 fully saturated rings. The predicted molar refractivity (Wildman–Crippen MR) is 63.4 cm³/mol. The third-order valence-electron chi connectivity index (χ3n) is 2.20. The van der Waals surface area contributed by atoms with Crippen molar-refractivity contribution >= 4 is 21.7 Å². The number of halogens is 1. The number of anilines is 1. The molecule has 0 amide bonds. The van der Waals surface area contributed by atoms with Crippen LogP contribution < -0.4 is 11.1 Å². The molecule has 1 rings (SSSR count). The second-order valence-corrected chi connectivity index (χ2v) is 4.53. The van der Waals surface area contributed by atoms with Gasteiger partial charge in [0.1, 0.15) is 5.82 Å². The van der Waals surface area contributed by atoms with Crippen molar-refractivity contribution in [2.75, 3.05) is 5.32 Å². The van der Waals surface area contributed by atoms with Crippen LogP contribution in [0.1, 0.15) is 19.4 Å². The zero-order chi connectivity index (χ0) is 10.7. The van der Waals surface area contributed by atoms with Gasteiger partial charge in [-0.3, -0.25) is 0 Å². The lowest BCUT2D eigenvalue weighted by Crippen LogP contribution is -2.35. The second kappa shape index (κ2) is 4.75. The highest BCUT2D eigenvalue weighted by Gasteiger charge is 2.09. The van der Waals surface area contributed by atoms with Crippen LogP contribution in [0.5, 0.6) is 0 Å². The Morgan fingerprint density at radius 1 is 1.50 bits per heavy atom. The van der Waals surface area contributed by atoms with E-state index in [0.717, 1.165) is 15.9 Å². The van der Waals surface area contributed by atoms with Crippen molar-refractivity contribution in [3.05, 3.63) is 22.3 Å². The van der Waals surface area contributed by atoms with Gasteiger partial charge >= 0.3 is 0 Å². The minimum absolute atomic E-state index is 0.111. The van der Waals surface area contributed by atoms with Crippen molar-refractivity contribution in [1.82, 2.24) is 4.98 Å². The van der Waals surface area contributed by atoms with E-state index in [9.17, 15) is 0 Å². The molecule has 14 heavy (non-hydrogen) atoms. The quantitative estimate of drug-likeness (QED) is 0.874. The van der Waals surface area contributed by atoms with Crippen molar-refractivity contribution < 1.29 is 0 Å². The Morgan fingerprint density at radius 2 is 2.14 bits per heavy atom. The molecule has 3 nitrogen and oxygen atoms in total. The van der Waals surface area contributed by atoms with Gasteiger partial charge in [0, 0.05) is 22.8 Å². The lowest BCUT2D eigenvalue weighted by molar-refractivity contribution is 0.635. The monoisotopic (exact) mass is 257 g/mol. The number of rotatable bonds is 3. The van der Waals surface area contributed by atoms with Crippen LogP contribution in [0.3, 0.4) is 0 Å². The molecular weight excluding hydrogens is 242 g/mol. The van der Waals surface area contributed by atoms with Gasteiger partial charge in [0.15, 0.2) is 0 Å². The zero-order valence-corrected chi connectivity index (χ0v) is 10.3. The molecule has 0 aliphatic rings. The molecule has 0 aromatic carbocycles. The summed E-state index contributed by atoms with van der Waals surface area (Å²) in [4.78, 5) is 4.29. The Balaban J connectivity index is 2.77. The number of nitrogens with one attached hydrogen (secondary N) is 1. The number of hydrogen-bond acceptors (Lipinski definition) is 3. The topological polar surface area (TPSA) is 50.9 Å². The zero-order valence-electron chi connectivity index (χ0n) is 8.71. The van der Waals surface area contributed by atoms with E-state index in [1.165, 1.54) is 0 Å². The summed E-state index contributed by atoms with van der Waals surface area (Å²) >= 11 is 3.38. The number of pyridine rings is 1. The fraction of sp³-hybridized carbons (Fsp3) is 0.500. The third-order valence-corrected chi connectivity index (χ3v) is 2.63. The van der Waals surface area contributed by atoms with Gasteiger partial charge in [-0.05, 0) is 48.3 Å². The summed E-state index contributed by atoms with van der Waals surface area (Å²) in [5.41, 5.74) is 6.88. The van der Waals surface area contributed by atoms with Crippen molar-refractivity contribution in [1.29, 1.82) is 0 Å². The molecule has 0 saturated heterocycles. The summed E-state index contributed by atoms with van der Waals surface area (Å²) < 4.78 is 0.994. The van der Waals surface area contributed by atoms with Crippen LogP contribution in [-0.2, 0) is 0 Å². The van der Waals surface area contributed by atoms with Crippen LogP contribution in [0.15, 0.2) is 16.7 Å². The maximum absolute atomic E-state index is 5.76. The van der Waals surface area contributed by atoms with Gasteiger partial charge in [-0.15, -0.1) is 0 Å². The fourth-order valence-corrected chi connectivity index (χ4v) is 1.48. The number of nitrogens with two attached hydrogens (primary N) is 1. The normalized spacial score (nSPS) is 14.9. The molecule has 0 aliphatic heterocycles. The molecule has 2 unspecified atom stereocenters. The van der Waals surface area contributed by atoms with Crippen LogP contribution in [-0.4, -0.2) is 17.1 Å². The number of nitrogens with zero attached hydrogens (tertiary/aromatic N) is 1. The largest absolute Gasteiger partial charge is 0.366 e. The Hall–Kier alpha value is -0.610. The van der Waals surface area contributed by atoms with E-state index in [4.69, 9.17) is 5.73 Å². The average Bonchev–Trinajstić information content (AvgIpc) is 2.09. The Bertz CT molecular complexity index is 312. The smallest absolute Gasteiger partial charge is 0.129 e. The molecule has 0 saturated carbocycles. The standard InChI is InChI=1S/C10H16BrN3/c1-6-4-9(11)5-13-10(6)14-8(3)7(2)12/h4-5,7-8H,12H2,1-3H3,(H,13,14). The second-order valence-electron chi connectivity index (χ2n) is 3.61. The van der Waals surface area contributed by atoms with Crippen molar-refractivity contribution in [3.63, 3.8) is 0 Å². The minimum Gasteiger partial charge on any atom is -0.366 e. The molecule has 0 spiro atoms. The van der Waals surface area contributed by atoms with Crippen LogP contribution >= 0.6 is 15.9 Å². The van der Waals surface area contributed by atoms with Crippen LogP contribution in [0.25, 0.3) is 0 Å². The van der Waals surface area contributed by atoms with Gasteiger partial charge in [0.2, 0.25) is 0 Å². The van der Waals surface area contributed by atoms with Crippen molar-refractivity contribution in [3.8, 4) is 0 Å². The van der Waals surface area contributed by atoms with E-state index in [-0.39, 0.29) is 12.1 Å². The summed E-state index contributed by atoms with van der Waals surface area (Å²) in [6.45, 7) is 6.05. The van der Waals surface area contributed by atoms with Gasteiger partial charge < -0.3 is 11.1 Å². The molecule has 78 valence electrons. The molecule has 0 bridgehead atoms. The highest BCUT2D eigenvalue weighted by Crippen LogP contribution is 2.17. The summed E-state index contributed by atoms with van der Waals surface area (Å²) in [6, 6.07) is 2.37. The SMILES string of the molecule is Cc1cc(Br)cnc1NC(C)C(C)N. The van der Waals surface area contributed by atoms with Gasteiger partial charge in [0.25, 0.3) is 0 Å². The Morgan fingerprint density at radius 3 is 2.64 bits per heavy atom. The fourth-order valence-electron chi connectivity index (χ4n) is 1.04. The highest BCUT2D eigenvalue weighted by atomic mass is 79.9. The number of hydrogen-bond donors (Lipinski definition) is 2. The molecule has 4 heteroatoms. The van der Waals surface area contributed by atoms with E-state index in [1.807, 2.05) is 26.8 Å². The van der Waals surface area contributed by atoms with E-state index in [1.54, 1.807) is 6.20 Å².